The predicted octanol–water partition coefficient (Wildman–Crippen LogP) is 1.19. The van der Waals surface area contributed by atoms with E-state index >= 15 is 0 Å². The van der Waals surface area contributed by atoms with Crippen LogP contribution in [-0.2, 0) is 9.47 Å². The Kier molecular flexibility index (Phi) is 2.58. The third-order valence-electron chi connectivity index (χ3n) is 2.46. The van der Waals surface area contributed by atoms with Crippen LogP contribution >= 0.6 is 0 Å². The summed E-state index contributed by atoms with van der Waals surface area (Å²) in [5.74, 6) is -0.643. The van der Waals surface area contributed by atoms with E-state index in [0.29, 0.717) is 6.42 Å². The normalized spacial score (nSPS) is 40.2. The molecule has 0 amide bonds. The number of rotatable bonds is 2. The molecular formula is C8H15NO4. The first-order chi connectivity index (χ1) is 5.92. The Morgan fingerprint density at radius 3 is 2.15 bits per heavy atom. The van der Waals surface area contributed by atoms with Crippen molar-refractivity contribution in [3.63, 3.8) is 0 Å². The van der Waals surface area contributed by atoms with Crippen LogP contribution in [0, 0.1) is 10.1 Å². The lowest BCUT2D eigenvalue weighted by Crippen LogP contribution is -2.54. The lowest BCUT2D eigenvalue weighted by atomic mass is 10.0. The molecule has 1 aliphatic heterocycles. The molecule has 0 aromatic rings. The second kappa shape index (κ2) is 3.23. The second-order valence-electron chi connectivity index (χ2n) is 3.82. The fourth-order valence-electron chi connectivity index (χ4n) is 1.01. The van der Waals surface area contributed by atoms with Gasteiger partial charge in [-0.2, -0.15) is 0 Å². The van der Waals surface area contributed by atoms with Crippen molar-refractivity contribution in [1.82, 2.24) is 0 Å². The van der Waals surface area contributed by atoms with Gasteiger partial charge in [-0.1, -0.05) is 6.92 Å². The zero-order valence-electron chi connectivity index (χ0n) is 8.20. The van der Waals surface area contributed by atoms with Crippen molar-refractivity contribution < 1.29 is 14.4 Å². The average molecular weight is 189 g/mol. The maximum Gasteiger partial charge on any atom is 0.265 e. The van der Waals surface area contributed by atoms with E-state index in [1.807, 2.05) is 6.92 Å². The molecule has 0 spiro atoms. The maximum atomic E-state index is 10.6. The Labute approximate surface area is 77.2 Å². The van der Waals surface area contributed by atoms with Gasteiger partial charge in [0, 0.05) is 11.8 Å². The maximum absolute atomic E-state index is 10.6. The summed E-state index contributed by atoms with van der Waals surface area (Å²) in [6.45, 7) is 5.48. The highest BCUT2D eigenvalue weighted by Gasteiger charge is 2.46. The largest absolute Gasteiger partial charge is 0.343 e. The van der Waals surface area contributed by atoms with E-state index < -0.39 is 11.3 Å². The lowest BCUT2D eigenvalue weighted by molar-refractivity contribution is -0.591. The van der Waals surface area contributed by atoms with Gasteiger partial charge in [0.1, 0.15) is 13.2 Å². The highest BCUT2D eigenvalue weighted by atomic mass is 16.7. The summed E-state index contributed by atoms with van der Waals surface area (Å²) >= 11 is 0. The second-order valence-corrected chi connectivity index (χ2v) is 3.82. The summed E-state index contributed by atoms with van der Waals surface area (Å²) in [5.41, 5.74) is -1.09. The molecule has 13 heavy (non-hydrogen) atoms. The predicted molar refractivity (Wildman–Crippen MR) is 46.0 cm³/mol. The van der Waals surface area contributed by atoms with Gasteiger partial charge in [0.15, 0.2) is 5.79 Å². The van der Waals surface area contributed by atoms with Gasteiger partial charge in [-0.25, -0.2) is 0 Å². The number of hydrogen-bond acceptors (Lipinski definition) is 4. The number of nitro groups is 1. The molecule has 1 saturated heterocycles. The molecule has 0 aromatic heterocycles. The van der Waals surface area contributed by atoms with E-state index in [1.54, 1.807) is 6.92 Å². The van der Waals surface area contributed by atoms with Gasteiger partial charge in [0.2, 0.25) is 0 Å². The van der Waals surface area contributed by atoms with E-state index in [1.165, 1.54) is 6.92 Å². The first kappa shape index (κ1) is 10.4. The van der Waals surface area contributed by atoms with Gasteiger partial charge < -0.3 is 9.47 Å². The zero-order chi connectivity index (χ0) is 10.1. The van der Waals surface area contributed by atoms with Crippen LogP contribution in [0.25, 0.3) is 0 Å². The van der Waals surface area contributed by atoms with Crippen molar-refractivity contribution >= 4 is 0 Å². The van der Waals surface area contributed by atoms with E-state index in [2.05, 4.69) is 0 Å². The van der Waals surface area contributed by atoms with Crippen molar-refractivity contribution in [2.45, 2.75) is 38.5 Å². The van der Waals surface area contributed by atoms with E-state index in [4.69, 9.17) is 9.47 Å². The minimum absolute atomic E-state index is 0.115. The monoisotopic (exact) mass is 189 g/mol. The fourth-order valence-corrected chi connectivity index (χ4v) is 1.01. The summed E-state index contributed by atoms with van der Waals surface area (Å²) in [6.07, 6.45) is 0.695. The molecule has 1 fully saturated rings. The molecule has 0 saturated carbocycles. The lowest BCUT2D eigenvalue weighted by Gasteiger charge is -2.37. The molecule has 0 radical (unpaired) electrons. The molecular weight excluding hydrogens is 174 g/mol. The highest BCUT2D eigenvalue weighted by Crippen LogP contribution is 2.27. The first-order valence-electron chi connectivity index (χ1n) is 4.34. The Bertz CT molecular complexity index is 208. The summed E-state index contributed by atoms with van der Waals surface area (Å²) in [6, 6.07) is 0. The quantitative estimate of drug-likeness (QED) is 0.483. The molecule has 0 unspecified atom stereocenters. The third kappa shape index (κ3) is 1.97. The fraction of sp³-hybridized carbons (Fsp3) is 1.00. The van der Waals surface area contributed by atoms with Crippen LogP contribution < -0.4 is 0 Å². The first-order valence-corrected chi connectivity index (χ1v) is 4.34. The summed E-state index contributed by atoms with van der Waals surface area (Å²) in [5, 5.41) is 10.6. The molecule has 5 nitrogen and oxygen atoms in total. The van der Waals surface area contributed by atoms with Gasteiger partial charge >= 0.3 is 0 Å². The van der Waals surface area contributed by atoms with Crippen molar-refractivity contribution in [3.05, 3.63) is 10.1 Å². The Morgan fingerprint density at radius 1 is 1.38 bits per heavy atom. The van der Waals surface area contributed by atoms with Gasteiger partial charge in [0.05, 0.1) is 0 Å². The van der Waals surface area contributed by atoms with Crippen molar-refractivity contribution in [1.29, 1.82) is 0 Å². The molecule has 0 aromatic carbocycles. The van der Waals surface area contributed by atoms with E-state index in [9.17, 15) is 10.1 Å². The number of ether oxygens (including phenoxy) is 2. The molecule has 1 rings (SSSR count). The minimum Gasteiger partial charge on any atom is -0.343 e. The van der Waals surface area contributed by atoms with E-state index in [0.717, 1.165) is 0 Å². The van der Waals surface area contributed by atoms with Crippen LogP contribution in [0.1, 0.15) is 27.2 Å². The van der Waals surface area contributed by atoms with Crippen LogP contribution in [0.2, 0.25) is 0 Å². The van der Waals surface area contributed by atoms with Crippen LogP contribution in [-0.4, -0.2) is 29.5 Å². The van der Waals surface area contributed by atoms with E-state index in [-0.39, 0.29) is 18.1 Å². The average Bonchev–Trinajstić information content (AvgIpc) is 2.11. The summed E-state index contributed by atoms with van der Waals surface area (Å²) < 4.78 is 10.7. The molecule has 0 N–H and O–H groups in total. The molecule has 0 atom stereocenters. The molecule has 0 aliphatic carbocycles. The molecule has 0 bridgehead atoms. The third-order valence-corrected chi connectivity index (χ3v) is 2.46. The Balaban J connectivity index is 2.61. The smallest absolute Gasteiger partial charge is 0.265 e. The highest BCUT2D eigenvalue weighted by molar-refractivity contribution is 4.80. The summed E-state index contributed by atoms with van der Waals surface area (Å²) in [7, 11) is 0. The molecule has 5 heteroatoms. The van der Waals surface area contributed by atoms with Crippen LogP contribution in [0.4, 0.5) is 0 Å². The Hall–Kier alpha value is -0.680. The van der Waals surface area contributed by atoms with Crippen molar-refractivity contribution in [2.24, 2.45) is 0 Å². The molecule has 76 valence electrons. The van der Waals surface area contributed by atoms with Gasteiger partial charge in [-0.05, 0) is 13.3 Å². The number of hydrogen-bond donors (Lipinski definition) is 0. The Morgan fingerprint density at radius 2 is 1.85 bits per heavy atom. The van der Waals surface area contributed by atoms with Gasteiger partial charge in [-0.3, -0.25) is 10.1 Å². The topological polar surface area (TPSA) is 61.6 Å². The van der Waals surface area contributed by atoms with Crippen LogP contribution in [0.5, 0.6) is 0 Å². The van der Waals surface area contributed by atoms with Crippen molar-refractivity contribution in [2.75, 3.05) is 13.2 Å². The molecule has 1 heterocycles. The van der Waals surface area contributed by atoms with Crippen LogP contribution in [0.3, 0.4) is 0 Å². The molecule has 1 aliphatic rings. The SMILES string of the molecule is CCC1(C)OCC(C)([N+](=O)[O-])CO1. The number of nitrogens with zero attached hydrogens (tertiary/aromatic N) is 1. The van der Waals surface area contributed by atoms with Gasteiger partial charge in [0.25, 0.3) is 5.54 Å². The van der Waals surface area contributed by atoms with Crippen molar-refractivity contribution in [3.8, 4) is 0 Å². The van der Waals surface area contributed by atoms with Gasteiger partial charge in [-0.15, -0.1) is 0 Å². The van der Waals surface area contributed by atoms with Crippen LogP contribution in [0.15, 0.2) is 0 Å². The zero-order valence-corrected chi connectivity index (χ0v) is 8.20. The summed E-state index contributed by atoms with van der Waals surface area (Å²) in [4.78, 5) is 10.3. The minimum atomic E-state index is -1.09. The standard InChI is InChI=1S/C8H15NO4/c1-4-8(3)12-5-7(2,6-13-8)9(10)11/h4-6H2,1-3H3.